The zero-order chi connectivity index (χ0) is 8.15. The van der Waals surface area contributed by atoms with Crippen molar-refractivity contribution in [2.75, 3.05) is 7.11 Å². The van der Waals surface area contributed by atoms with Gasteiger partial charge in [-0.25, -0.2) is 0 Å². The van der Waals surface area contributed by atoms with E-state index in [2.05, 4.69) is 25.7 Å². The maximum Gasteiger partial charge on any atom is 0.0931 e. The fourth-order valence-corrected chi connectivity index (χ4v) is 0.630. The van der Waals surface area contributed by atoms with Crippen molar-refractivity contribution in [2.24, 2.45) is 0 Å². The Balaban J connectivity index is 3.62. The molecule has 10 heavy (non-hydrogen) atoms. The molecular formula is C8H17NO. The molecule has 2 nitrogen and oxygen atoms in total. The van der Waals surface area contributed by atoms with Crippen LogP contribution in [-0.4, -0.2) is 19.3 Å². The van der Waals surface area contributed by atoms with Crippen LogP contribution in [0.15, 0.2) is 12.3 Å². The lowest BCUT2D eigenvalue weighted by Gasteiger charge is -2.17. The van der Waals surface area contributed by atoms with Gasteiger partial charge in [0.05, 0.1) is 6.10 Å². The molecule has 1 atom stereocenters. The molecule has 0 heterocycles. The number of nitrogens with one attached hydrogen (secondary N) is 1. The van der Waals surface area contributed by atoms with Gasteiger partial charge in [-0.05, 0) is 20.8 Å². The first-order valence-electron chi connectivity index (χ1n) is 3.56. The molecule has 0 aliphatic carbocycles. The first kappa shape index (κ1) is 9.50. The van der Waals surface area contributed by atoms with Crippen LogP contribution in [0.2, 0.25) is 0 Å². The lowest BCUT2D eigenvalue weighted by atomic mass is 10.3. The van der Waals surface area contributed by atoms with E-state index in [1.54, 1.807) is 7.11 Å². The summed E-state index contributed by atoms with van der Waals surface area (Å²) < 4.78 is 5.05. The summed E-state index contributed by atoms with van der Waals surface area (Å²) in [4.78, 5) is 0. The summed E-state index contributed by atoms with van der Waals surface area (Å²) in [6, 6.07) is 0.435. The molecule has 0 aromatic carbocycles. The van der Waals surface area contributed by atoms with Gasteiger partial charge in [0, 0.05) is 18.8 Å². The van der Waals surface area contributed by atoms with Crippen LogP contribution in [0, 0.1) is 0 Å². The fourth-order valence-electron chi connectivity index (χ4n) is 0.630. The van der Waals surface area contributed by atoms with Gasteiger partial charge in [-0.2, -0.15) is 0 Å². The van der Waals surface area contributed by atoms with E-state index in [4.69, 9.17) is 4.74 Å². The minimum Gasteiger partial charge on any atom is -0.385 e. The van der Waals surface area contributed by atoms with Crippen molar-refractivity contribution in [3.8, 4) is 0 Å². The molecule has 0 bridgehead atoms. The largest absolute Gasteiger partial charge is 0.385 e. The Morgan fingerprint density at radius 1 is 1.40 bits per heavy atom. The van der Waals surface area contributed by atoms with Crippen LogP contribution in [0.3, 0.4) is 0 Å². The Morgan fingerprint density at radius 2 is 1.90 bits per heavy atom. The highest BCUT2D eigenvalue weighted by Crippen LogP contribution is 1.99. The zero-order valence-electron chi connectivity index (χ0n) is 7.27. The molecule has 0 aliphatic rings. The second-order valence-electron chi connectivity index (χ2n) is 2.70. The highest BCUT2D eigenvalue weighted by molar-refractivity contribution is 4.98. The minimum absolute atomic E-state index is 0.0994. The summed E-state index contributed by atoms with van der Waals surface area (Å²) in [6.45, 7) is 9.95. The fraction of sp³-hybridized carbons (Fsp3) is 0.750. The quantitative estimate of drug-likeness (QED) is 0.644. The lowest BCUT2D eigenvalue weighted by Crippen LogP contribution is -2.28. The van der Waals surface area contributed by atoms with Gasteiger partial charge in [-0.1, -0.05) is 6.58 Å². The first-order chi connectivity index (χ1) is 4.57. The van der Waals surface area contributed by atoms with Crippen molar-refractivity contribution in [2.45, 2.75) is 32.9 Å². The predicted octanol–water partition coefficient (Wildman–Crippen LogP) is 1.53. The summed E-state index contributed by atoms with van der Waals surface area (Å²) in [7, 11) is 1.68. The van der Waals surface area contributed by atoms with Crippen LogP contribution in [0.5, 0.6) is 0 Å². The summed E-state index contributed by atoms with van der Waals surface area (Å²) in [6.07, 6.45) is 0.0994. The van der Waals surface area contributed by atoms with E-state index in [1.807, 2.05) is 6.92 Å². The van der Waals surface area contributed by atoms with Gasteiger partial charge >= 0.3 is 0 Å². The highest BCUT2D eigenvalue weighted by Gasteiger charge is 2.04. The molecule has 0 spiro atoms. The van der Waals surface area contributed by atoms with Crippen molar-refractivity contribution in [1.29, 1.82) is 0 Å². The first-order valence-corrected chi connectivity index (χ1v) is 3.56. The van der Waals surface area contributed by atoms with E-state index < -0.39 is 0 Å². The normalized spacial score (nSPS) is 13.3. The van der Waals surface area contributed by atoms with E-state index in [0.717, 1.165) is 5.70 Å². The Morgan fingerprint density at radius 3 is 2.20 bits per heavy atom. The summed E-state index contributed by atoms with van der Waals surface area (Å²) in [5.74, 6) is 0. The molecule has 0 saturated heterocycles. The second-order valence-corrected chi connectivity index (χ2v) is 2.70. The van der Waals surface area contributed by atoms with Crippen molar-refractivity contribution in [3.05, 3.63) is 12.3 Å². The van der Waals surface area contributed by atoms with Crippen molar-refractivity contribution < 1.29 is 4.74 Å². The maximum atomic E-state index is 5.05. The number of rotatable bonds is 4. The Hall–Kier alpha value is -0.500. The van der Waals surface area contributed by atoms with Crippen molar-refractivity contribution in [1.82, 2.24) is 5.32 Å². The smallest absolute Gasteiger partial charge is 0.0931 e. The highest BCUT2D eigenvalue weighted by atomic mass is 16.5. The average Bonchev–Trinajstić information content (AvgIpc) is 1.85. The third-order valence-electron chi connectivity index (χ3n) is 1.32. The third-order valence-corrected chi connectivity index (χ3v) is 1.32. The maximum absolute atomic E-state index is 5.05. The van der Waals surface area contributed by atoms with Crippen LogP contribution in [-0.2, 0) is 4.74 Å². The monoisotopic (exact) mass is 143 g/mol. The molecule has 1 N–H and O–H groups in total. The molecule has 0 rings (SSSR count). The van der Waals surface area contributed by atoms with Crippen molar-refractivity contribution >= 4 is 0 Å². The molecule has 60 valence electrons. The minimum atomic E-state index is 0.0994. The molecule has 1 unspecified atom stereocenters. The van der Waals surface area contributed by atoms with Crippen molar-refractivity contribution in [3.63, 3.8) is 0 Å². The molecule has 0 aromatic heterocycles. The molecule has 0 radical (unpaired) electrons. The molecule has 0 aromatic rings. The Bertz CT molecular complexity index is 110. The SMILES string of the molecule is C=C(NC(C)C)C(C)OC. The standard InChI is InChI=1S/C8H17NO/c1-6(2)9-7(3)8(4)10-5/h6,8-9H,3H2,1-2,4-5H3. The van der Waals surface area contributed by atoms with Gasteiger partial charge in [0.15, 0.2) is 0 Å². The van der Waals surface area contributed by atoms with E-state index >= 15 is 0 Å². The predicted molar refractivity (Wildman–Crippen MR) is 43.9 cm³/mol. The van der Waals surface area contributed by atoms with E-state index in [0.29, 0.717) is 6.04 Å². The van der Waals surface area contributed by atoms with Gasteiger partial charge in [-0.3, -0.25) is 0 Å². The topological polar surface area (TPSA) is 21.3 Å². The van der Waals surface area contributed by atoms with Gasteiger partial charge in [0.2, 0.25) is 0 Å². The van der Waals surface area contributed by atoms with Crippen LogP contribution in [0.25, 0.3) is 0 Å². The van der Waals surface area contributed by atoms with Crippen LogP contribution in [0.1, 0.15) is 20.8 Å². The Kier molecular flexibility index (Phi) is 4.12. The number of hydrogen-bond donors (Lipinski definition) is 1. The number of methoxy groups -OCH3 is 1. The van der Waals surface area contributed by atoms with Gasteiger partial charge in [-0.15, -0.1) is 0 Å². The molecular weight excluding hydrogens is 126 g/mol. The summed E-state index contributed by atoms with van der Waals surface area (Å²) >= 11 is 0. The van der Waals surface area contributed by atoms with Crippen LogP contribution in [0.4, 0.5) is 0 Å². The Labute approximate surface area is 63.3 Å². The summed E-state index contributed by atoms with van der Waals surface area (Å²) in [5.41, 5.74) is 0.942. The second kappa shape index (κ2) is 4.34. The lowest BCUT2D eigenvalue weighted by molar-refractivity contribution is 0.140. The molecule has 0 amide bonds. The molecule has 0 fully saturated rings. The van der Waals surface area contributed by atoms with E-state index in [-0.39, 0.29) is 6.10 Å². The average molecular weight is 143 g/mol. The van der Waals surface area contributed by atoms with E-state index in [9.17, 15) is 0 Å². The summed E-state index contributed by atoms with van der Waals surface area (Å²) in [5, 5.41) is 3.17. The van der Waals surface area contributed by atoms with Gasteiger partial charge in [0.25, 0.3) is 0 Å². The molecule has 2 heteroatoms. The van der Waals surface area contributed by atoms with Gasteiger partial charge < -0.3 is 10.1 Å². The van der Waals surface area contributed by atoms with E-state index in [1.165, 1.54) is 0 Å². The molecule has 0 saturated carbocycles. The van der Waals surface area contributed by atoms with Crippen LogP contribution >= 0.6 is 0 Å². The molecule has 0 aliphatic heterocycles. The number of ether oxygens (including phenoxy) is 1. The van der Waals surface area contributed by atoms with Crippen LogP contribution < -0.4 is 5.32 Å². The van der Waals surface area contributed by atoms with Gasteiger partial charge in [0.1, 0.15) is 0 Å². The number of hydrogen-bond acceptors (Lipinski definition) is 2. The zero-order valence-corrected chi connectivity index (χ0v) is 7.27. The third kappa shape index (κ3) is 3.51.